The molecule has 0 bridgehead atoms. The number of carbonyl (C=O) groups is 2. The van der Waals surface area contributed by atoms with Crippen molar-refractivity contribution in [2.24, 2.45) is 0 Å². The van der Waals surface area contributed by atoms with E-state index in [9.17, 15) is 9.59 Å². The normalized spacial score (nSPS) is 15.3. The number of aromatic nitrogens is 1. The van der Waals surface area contributed by atoms with E-state index in [4.69, 9.17) is 0 Å². The van der Waals surface area contributed by atoms with Gasteiger partial charge in [-0.25, -0.2) is 4.79 Å². The Hall–Kier alpha value is -2.15. The van der Waals surface area contributed by atoms with Crippen molar-refractivity contribution in [1.82, 2.24) is 25.4 Å². The zero-order valence-corrected chi connectivity index (χ0v) is 13.6. The van der Waals surface area contributed by atoms with Gasteiger partial charge in [-0.2, -0.15) is 0 Å². The van der Waals surface area contributed by atoms with Gasteiger partial charge in [0.15, 0.2) is 0 Å². The van der Waals surface area contributed by atoms with Crippen LogP contribution in [0.25, 0.3) is 0 Å². The molecule has 126 valence electrons. The number of amides is 3. The van der Waals surface area contributed by atoms with E-state index in [1.807, 2.05) is 19.1 Å². The molecular weight excluding hydrogens is 294 g/mol. The second kappa shape index (κ2) is 9.09. The lowest BCUT2D eigenvalue weighted by Gasteiger charge is -2.34. The molecule has 0 spiro atoms. The molecular formula is C16H25N5O2. The van der Waals surface area contributed by atoms with Crippen LogP contribution in [0.2, 0.25) is 0 Å². The first-order valence-corrected chi connectivity index (χ1v) is 8.09. The Morgan fingerprint density at radius 3 is 2.65 bits per heavy atom. The molecule has 1 aromatic rings. The first-order chi connectivity index (χ1) is 11.2. The van der Waals surface area contributed by atoms with Gasteiger partial charge >= 0.3 is 6.03 Å². The Balaban J connectivity index is 1.67. The van der Waals surface area contributed by atoms with Crippen molar-refractivity contribution >= 4 is 11.9 Å². The first kappa shape index (κ1) is 17.2. The monoisotopic (exact) mass is 319 g/mol. The molecule has 7 heteroatoms. The maximum Gasteiger partial charge on any atom is 0.317 e. The summed E-state index contributed by atoms with van der Waals surface area (Å²) in [6, 6.07) is 3.72. The summed E-state index contributed by atoms with van der Waals surface area (Å²) in [4.78, 5) is 31.7. The predicted octanol–water partition coefficient (Wildman–Crippen LogP) is 0.435. The second-order valence-corrected chi connectivity index (χ2v) is 5.63. The Morgan fingerprint density at radius 2 is 2.00 bits per heavy atom. The third-order valence-electron chi connectivity index (χ3n) is 3.77. The van der Waals surface area contributed by atoms with E-state index >= 15 is 0 Å². The van der Waals surface area contributed by atoms with Crippen molar-refractivity contribution < 1.29 is 9.59 Å². The van der Waals surface area contributed by atoms with Crippen LogP contribution in [0.1, 0.15) is 18.9 Å². The molecule has 0 aliphatic carbocycles. The van der Waals surface area contributed by atoms with Gasteiger partial charge in [0.1, 0.15) is 0 Å². The number of hydrogen-bond acceptors (Lipinski definition) is 4. The van der Waals surface area contributed by atoms with Gasteiger partial charge in [-0.15, -0.1) is 0 Å². The molecule has 2 rings (SSSR count). The Morgan fingerprint density at radius 1 is 1.22 bits per heavy atom. The molecule has 0 unspecified atom stereocenters. The summed E-state index contributed by atoms with van der Waals surface area (Å²) in [5.41, 5.74) is 0.979. The van der Waals surface area contributed by atoms with Crippen LogP contribution in [-0.4, -0.2) is 66.0 Å². The average Bonchev–Trinajstić information content (AvgIpc) is 2.59. The Labute approximate surface area is 137 Å². The van der Waals surface area contributed by atoms with Crippen LogP contribution >= 0.6 is 0 Å². The average molecular weight is 319 g/mol. The van der Waals surface area contributed by atoms with Crippen LogP contribution in [0, 0.1) is 0 Å². The molecule has 2 N–H and O–H groups in total. The number of carbonyl (C=O) groups excluding carboxylic acids is 2. The van der Waals surface area contributed by atoms with Gasteiger partial charge in [0.25, 0.3) is 0 Å². The molecule has 2 heterocycles. The third kappa shape index (κ3) is 5.86. The second-order valence-electron chi connectivity index (χ2n) is 5.63. The summed E-state index contributed by atoms with van der Waals surface area (Å²) in [7, 11) is 0. The molecule has 7 nitrogen and oxygen atoms in total. The molecule has 0 saturated carbocycles. The largest absolute Gasteiger partial charge is 0.355 e. The molecule has 1 aliphatic heterocycles. The minimum absolute atomic E-state index is 0.0568. The lowest BCUT2D eigenvalue weighted by molar-refractivity contribution is -0.122. The van der Waals surface area contributed by atoms with Gasteiger partial charge in [-0.3, -0.25) is 14.7 Å². The van der Waals surface area contributed by atoms with E-state index in [-0.39, 0.29) is 11.9 Å². The summed E-state index contributed by atoms with van der Waals surface area (Å²) >= 11 is 0. The van der Waals surface area contributed by atoms with Crippen molar-refractivity contribution in [2.45, 2.75) is 19.9 Å². The van der Waals surface area contributed by atoms with Gasteiger partial charge in [0, 0.05) is 51.7 Å². The standard InChI is InChI=1S/C16H25N5O2/c1-2-5-18-15(22)13-20-7-9-21(10-8-20)16(23)19-12-14-4-3-6-17-11-14/h3-4,6,11H,2,5,7-10,12-13H2,1H3,(H,18,22)(H,19,23). The lowest BCUT2D eigenvalue weighted by atomic mass is 10.3. The summed E-state index contributed by atoms with van der Waals surface area (Å²) < 4.78 is 0. The zero-order chi connectivity index (χ0) is 16.5. The van der Waals surface area contributed by atoms with E-state index in [1.54, 1.807) is 17.3 Å². The highest BCUT2D eigenvalue weighted by Gasteiger charge is 2.22. The first-order valence-electron chi connectivity index (χ1n) is 8.09. The summed E-state index contributed by atoms with van der Waals surface area (Å²) in [5, 5.41) is 5.77. The van der Waals surface area contributed by atoms with E-state index in [1.165, 1.54) is 0 Å². The molecule has 0 radical (unpaired) electrons. The van der Waals surface area contributed by atoms with Gasteiger partial charge < -0.3 is 15.5 Å². The topological polar surface area (TPSA) is 77.6 Å². The van der Waals surface area contributed by atoms with Crippen LogP contribution in [-0.2, 0) is 11.3 Å². The van der Waals surface area contributed by atoms with Crippen molar-refractivity contribution in [1.29, 1.82) is 0 Å². The van der Waals surface area contributed by atoms with Crippen molar-refractivity contribution in [3.8, 4) is 0 Å². The lowest BCUT2D eigenvalue weighted by Crippen LogP contribution is -2.53. The van der Waals surface area contributed by atoms with Crippen molar-refractivity contribution in [3.05, 3.63) is 30.1 Å². The van der Waals surface area contributed by atoms with E-state index in [0.29, 0.717) is 26.2 Å². The quantitative estimate of drug-likeness (QED) is 0.797. The van der Waals surface area contributed by atoms with Crippen LogP contribution in [0.5, 0.6) is 0 Å². The van der Waals surface area contributed by atoms with Crippen LogP contribution < -0.4 is 10.6 Å². The molecule has 0 aromatic carbocycles. The number of pyridine rings is 1. The van der Waals surface area contributed by atoms with E-state index in [2.05, 4.69) is 20.5 Å². The Kier molecular flexibility index (Phi) is 6.80. The fourth-order valence-corrected chi connectivity index (χ4v) is 2.42. The van der Waals surface area contributed by atoms with Crippen LogP contribution in [0.4, 0.5) is 4.79 Å². The molecule has 23 heavy (non-hydrogen) atoms. The number of rotatable bonds is 6. The highest BCUT2D eigenvalue weighted by molar-refractivity contribution is 5.78. The maximum atomic E-state index is 12.1. The minimum atomic E-state index is -0.0658. The zero-order valence-electron chi connectivity index (χ0n) is 13.6. The maximum absolute atomic E-state index is 12.1. The number of nitrogens with one attached hydrogen (secondary N) is 2. The predicted molar refractivity (Wildman–Crippen MR) is 87.8 cm³/mol. The van der Waals surface area contributed by atoms with Gasteiger partial charge in [-0.1, -0.05) is 13.0 Å². The van der Waals surface area contributed by atoms with Crippen LogP contribution in [0.3, 0.4) is 0 Å². The molecule has 1 fully saturated rings. The fourth-order valence-electron chi connectivity index (χ4n) is 2.42. The van der Waals surface area contributed by atoms with Crippen molar-refractivity contribution in [2.75, 3.05) is 39.3 Å². The fraction of sp³-hybridized carbons (Fsp3) is 0.562. The molecule has 1 aliphatic rings. The number of urea groups is 1. The van der Waals surface area contributed by atoms with E-state index in [0.717, 1.165) is 31.6 Å². The van der Waals surface area contributed by atoms with E-state index < -0.39 is 0 Å². The minimum Gasteiger partial charge on any atom is -0.355 e. The smallest absolute Gasteiger partial charge is 0.317 e. The molecule has 0 atom stereocenters. The van der Waals surface area contributed by atoms with Crippen molar-refractivity contribution in [3.63, 3.8) is 0 Å². The number of nitrogens with zero attached hydrogens (tertiary/aromatic N) is 3. The van der Waals surface area contributed by atoms with Gasteiger partial charge in [-0.05, 0) is 18.1 Å². The molecule has 1 aromatic heterocycles. The summed E-state index contributed by atoms with van der Waals surface area (Å²) in [6.45, 7) is 6.36. The highest BCUT2D eigenvalue weighted by Crippen LogP contribution is 2.03. The summed E-state index contributed by atoms with van der Waals surface area (Å²) in [5.74, 6) is 0.0568. The highest BCUT2D eigenvalue weighted by atomic mass is 16.2. The number of piperazine rings is 1. The molecule has 1 saturated heterocycles. The summed E-state index contributed by atoms with van der Waals surface area (Å²) in [6.07, 6.45) is 4.39. The van der Waals surface area contributed by atoms with Gasteiger partial charge in [0.05, 0.1) is 6.54 Å². The molecule has 3 amide bonds. The Bertz CT molecular complexity index is 500. The number of hydrogen-bond donors (Lipinski definition) is 2. The van der Waals surface area contributed by atoms with Gasteiger partial charge in [0.2, 0.25) is 5.91 Å². The van der Waals surface area contributed by atoms with Crippen LogP contribution in [0.15, 0.2) is 24.5 Å². The SMILES string of the molecule is CCCNC(=O)CN1CCN(C(=O)NCc2cccnc2)CC1. The third-order valence-corrected chi connectivity index (χ3v) is 3.77.